The van der Waals surface area contributed by atoms with Gasteiger partial charge in [0, 0.05) is 17.1 Å². The number of carbonyl (C=O) groups excluding carboxylic acids is 1. The zero-order chi connectivity index (χ0) is 16.2. The number of rotatable bonds is 6. The molecule has 0 saturated heterocycles. The second kappa shape index (κ2) is 7.27. The Hall–Kier alpha value is -1.07. The topological polar surface area (TPSA) is 54.5 Å². The Balaban J connectivity index is 2.80. The Bertz CT molecular complexity index is 571. The lowest BCUT2D eigenvalue weighted by atomic mass is 10.2. The highest BCUT2D eigenvalue weighted by Crippen LogP contribution is 2.14. The van der Waals surface area contributed by atoms with Crippen molar-refractivity contribution in [2.24, 2.45) is 0 Å². The second-order valence-corrected chi connectivity index (χ2v) is 8.15. The predicted molar refractivity (Wildman–Crippen MR) is 86.1 cm³/mol. The highest BCUT2D eigenvalue weighted by atomic mass is 35.5. The van der Waals surface area contributed by atoms with Gasteiger partial charge in [0.2, 0.25) is 5.91 Å². The summed E-state index contributed by atoms with van der Waals surface area (Å²) >= 11 is 5.77. The molecule has 4 nitrogen and oxygen atoms in total. The quantitative estimate of drug-likeness (QED) is 0.805. The number of benzene rings is 1. The zero-order valence-corrected chi connectivity index (χ0v) is 14.4. The molecule has 0 N–H and O–H groups in total. The van der Waals surface area contributed by atoms with Gasteiger partial charge >= 0.3 is 0 Å². The smallest absolute Gasteiger partial charge is 0.238 e. The maximum atomic E-state index is 12.2. The van der Waals surface area contributed by atoms with E-state index in [0.717, 1.165) is 0 Å². The Morgan fingerprint density at radius 1 is 1.10 bits per heavy atom. The molecule has 1 aromatic rings. The lowest BCUT2D eigenvalue weighted by molar-refractivity contribution is -0.131. The molecule has 6 heteroatoms. The van der Waals surface area contributed by atoms with E-state index in [-0.39, 0.29) is 23.7 Å². The first-order valence-corrected chi connectivity index (χ1v) is 9.08. The van der Waals surface area contributed by atoms with Gasteiger partial charge in [-0.25, -0.2) is 8.42 Å². The van der Waals surface area contributed by atoms with Crippen molar-refractivity contribution in [3.05, 3.63) is 34.9 Å². The lowest BCUT2D eigenvalue weighted by Gasteiger charge is -2.30. The van der Waals surface area contributed by atoms with E-state index in [1.807, 2.05) is 27.7 Å². The number of hydrogen-bond acceptors (Lipinski definition) is 3. The molecule has 0 bridgehead atoms. The Kier molecular flexibility index (Phi) is 6.23. The van der Waals surface area contributed by atoms with Gasteiger partial charge in [-0.2, -0.15) is 0 Å². The largest absolute Gasteiger partial charge is 0.337 e. The fraction of sp³-hybridized carbons (Fsp3) is 0.533. The van der Waals surface area contributed by atoms with Gasteiger partial charge in [0.15, 0.2) is 9.84 Å². The molecule has 118 valence electrons. The van der Waals surface area contributed by atoms with Gasteiger partial charge in [-0.15, -0.1) is 0 Å². The standard InChI is InChI=1S/C15H22ClNO3S/c1-11(2)17(12(3)4)15(18)10-21(19,20)9-13-5-7-14(16)8-6-13/h5-8,11-12H,9-10H2,1-4H3. The number of sulfone groups is 1. The van der Waals surface area contributed by atoms with Crippen LogP contribution in [-0.2, 0) is 20.4 Å². The highest BCUT2D eigenvalue weighted by Gasteiger charge is 2.25. The minimum atomic E-state index is -3.49. The van der Waals surface area contributed by atoms with Gasteiger partial charge < -0.3 is 4.90 Å². The number of halogens is 1. The van der Waals surface area contributed by atoms with Crippen LogP contribution >= 0.6 is 11.6 Å². The van der Waals surface area contributed by atoms with Gasteiger partial charge in [-0.05, 0) is 45.4 Å². The van der Waals surface area contributed by atoms with Crippen molar-refractivity contribution in [2.75, 3.05) is 5.75 Å². The van der Waals surface area contributed by atoms with Crippen molar-refractivity contribution in [1.29, 1.82) is 0 Å². The molecule has 0 heterocycles. The number of nitrogens with zero attached hydrogens (tertiary/aromatic N) is 1. The fourth-order valence-electron chi connectivity index (χ4n) is 2.32. The van der Waals surface area contributed by atoms with Crippen molar-refractivity contribution in [1.82, 2.24) is 4.90 Å². The number of hydrogen-bond donors (Lipinski definition) is 0. The minimum absolute atomic E-state index is 0.0248. The highest BCUT2D eigenvalue weighted by molar-refractivity contribution is 7.91. The molecular weight excluding hydrogens is 310 g/mol. The Labute approximate surface area is 132 Å². The monoisotopic (exact) mass is 331 g/mol. The Morgan fingerprint density at radius 3 is 2.00 bits per heavy atom. The average molecular weight is 332 g/mol. The SMILES string of the molecule is CC(C)N(C(=O)CS(=O)(=O)Cc1ccc(Cl)cc1)C(C)C. The van der Waals surface area contributed by atoms with Crippen molar-refractivity contribution < 1.29 is 13.2 Å². The van der Waals surface area contributed by atoms with Crippen molar-refractivity contribution >= 4 is 27.3 Å². The molecule has 21 heavy (non-hydrogen) atoms. The average Bonchev–Trinajstić information content (AvgIpc) is 2.29. The third-order valence-electron chi connectivity index (χ3n) is 3.04. The van der Waals surface area contributed by atoms with Crippen molar-refractivity contribution in [2.45, 2.75) is 45.5 Å². The van der Waals surface area contributed by atoms with Gasteiger partial charge in [-0.3, -0.25) is 4.79 Å². The van der Waals surface area contributed by atoms with Crippen LogP contribution < -0.4 is 0 Å². The molecular formula is C15H22ClNO3S. The van der Waals surface area contributed by atoms with Crippen LogP contribution in [0.2, 0.25) is 5.02 Å². The van der Waals surface area contributed by atoms with Crippen LogP contribution in [0.1, 0.15) is 33.3 Å². The molecule has 0 fully saturated rings. The summed E-state index contributed by atoms with van der Waals surface area (Å²) in [5.74, 6) is -0.972. The van der Waals surface area contributed by atoms with E-state index in [2.05, 4.69) is 0 Å². The molecule has 0 spiro atoms. The summed E-state index contributed by atoms with van der Waals surface area (Å²) in [5.41, 5.74) is 0.632. The van der Waals surface area contributed by atoms with Crippen molar-refractivity contribution in [3.8, 4) is 0 Å². The third-order valence-corrected chi connectivity index (χ3v) is 4.76. The minimum Gasteiger partial charge on any atom is -0.337 e. The first-order valence-electron chi connectivity index (χ1n) is 6.88. The predicted octanol–water partition coefficient (Wildman–Crippen LogP) is 2.90. The summed E-state index contributed by atoms with van der Waals surface area (Å²) in [6, 6.07) is 6.55. The summed E-state index contributed by atoms with van der Waals surface area (Å²) in [6.45, 7) is 7.51. The van der Waals surface area contributed by atoms with E-state index < -0.39 is 15.6 Å². The zero-order valence-electron chi connectivity index (χ0n) is 12.8. The fourth-order valence-corrected chi connectivity index (χ4v) is 3.77. The number of amides is 1. The van der Waals surface area contributed by atoms with Crippen LogP contribution in [0.5, 0.6) is 0 Å². The maximum Gasteiger partial charge on any atom is 0.238 e. The molecule has 0 aliphatic carbocycles. The molecule has 1 aromatic carbocycles. The van der Waals surface area contributed by atoms with Crippen LogP contribution in [0.15, 0.2) is 24.3 Å². The summed E-state index contributed by atoms with van der Waals surface area (Å²) in [4.78, 5) is 13.8. The molecule has 0 saturated carbocycles. The van der Waals surface area contributed by atoms with Gasteiger partial charge in [0.25, 0.3) is 0 Å². The third kappa shape index (κ3) is 5.67. The second-order valence-electron chi connectivity index (χ2n) is 5.65. The van der Waals surface area contributed by atoms with Crippen LogP contribution in [-0.4, -0.2) is 37.1 Å². The molecule has 0 aromatic heterocycles. The molecule has 1 rings (SSSR count). The summed E-state index contributed by atoms with van der Waals surface area (Å²) < 4.78 is 24.3. The molecule has 0 aliphatic rings. The molecule has 0 aliphatic heterocycles. The lowest BCUT2D eigenvalue weighted by Crippen LogP contribution is -2.44. The van der Waals surface area contributed by atoms with E-state index in [0.29, 0.717) is 10.6 Å². The van der Waals surface area contributed by atoms with E-state index in [4.69, 9.17) is 11.6 Å². The molecule has 1 amide bonds. The van der Waals surface area contributed by atoms with Crippen LogP contribution in [0.4, 0.5) is 0 Å². The first kappa shape index (κ1) is 18.0. The van der Waals surface area contributed by atoms with Crippen LogP contribution in [0.25, 0.3) is 0 Å². The molecule has 0 radical (unpaired) electrons. The first-order chi connectivity index (χ1) is 9.62. The normalized spacial score (nSPS) is 12.0. The van der Waals surface area contributed by atoms with Crippen molar-refractivity contribution in [3.63, 3.8) is 0 Å². The van der Waals surface area contributed by atoms with E-state index >= 15 is 0 Å². The summed E-state index contributed by atoms with van der Waals surface area (Å²) in [6.07, 6.45) is 0. The van der Waals surface area contributed by atoms with Crippen LogP contribution in [0, 0.1) is 0 Å². The summed E-state index contributed by atoms with van der Waals surface area (Å²) in [5, 5.41) is 0.554. The molecule has 0 unspecified atom stereocenters. The maximum absolute atomic E-state index is 12.2. The van der Waals surface area contributed by atoms with Gasteiger partial charge in [0.05, 0.1) is 5.75 Å². The van der Waals surface area contributed by atoms with Gasteiger partial charge in [-0.1, -0.05) is 23.7 Å². The van der Waals surface area contributed by atoms with E-state index in [9.17, 15) is 13.2 Å². The summed E-state index contributed by atoms with van der Waals surface area (Å²) in [7, 11) is -3.49. The molecule has 0 atom stereocenters. The van der Waals surface area contributed by atoms with Gasteiger partial charge in [0.1, 0.15) is 5.75 Å². The van der Waals surface area contributed by atoms with E-state index in [1.54, 1.807) is 29.2 Å². The Morgan fingerprint density at radius 2 is 1.57 bits per heavy atom. The number of carbonyl (C=O) groups is 1. The van der Waals surface area contributed by atoms with E-state index in [1.165, 1.54) is 0 Å². The van der Waals surface area contributed by atoms with Crippen LogP contribution in [0.3, 0.4) is 0 Å².